The van der Waals surface area contributed by atoms with Gasteiger partial charge in [-0.3, -0.25) is 0 Å². The molecular weight excluding hydrogens is 463 g/mol. The quantitative estimate of drug-likeness (QED) is 0.352. The van der Waals surface area contributed by atoms with Crippen LogP contribution in [0.3, 0.4) is 0 Å². The van der Waals surface area contributed by atoms with Crippen LogP contribution in [0.5, 0.6) is 5.75 Å². The molecule has 0 aromatic heterocycles. The molecule has 152 valence electrons. The van der Waals surface area contributed by atoms with Gasteiger partial charge in [0.15, 0.2) is 5.96 Å². The Kier molecular flexibility index (Phi) is 9.05. The van der Waals surface area contributed by atoms with Crippen molar-refractivity contribution in [1.29, 1.82) is 0 Å². The van der Waals surface area contributed by atoms with Crippen LogP contribution in [0.4, 0.5) is 0 Å². The van der Waals surface area contributed by atoms with Crippen molar-refractivity contribution in [1.82, 2.24) is 15.5 Å². The number of guanidine groups is 1. The van der Waals surface area contributed by atoms with E-state index < -0.39 is 0 Å². The van der Waals surface area contributed by atoms with Crippen LogP contribution in [0.15, 0.2) is 53.5 Å². The summed E-state index contributed by atoms with van der Waals surface area (Å²) < 4.78 is 6.00. The number of para-hydroxylation sites is 1. The zero-order valence-electron chi connectivity index (χ0n) is 16.9. The van der Waals surface area contributed by atoms with Gasteiger partial charge in [0.05, 0.1) is 13.1 Å². The number of aliphatic imine (C=N–C) groups is 1. The lowest BCUT2D eigenvalue weighted by molar-refractivity contribution is 0.235. The summed E-state index contributed by atoms with van der Waals surface area (Å²) >= 11 is 0. The second-order valence-corrected chi connectivity index (χ2v) is 7.19. The second kappa shape index (κ2) is 11.3. The third kappa shape index (κ3) is 6.67. The molecule has 1 heterocycles. The number of hydrogen-bond donors (Lipinski definition) is 2. The molecule has 1 aliphatic heterocycles. The number of nitrogens with zero attached hydrogens (tertiary/aromatic N) is 2. The standard InChI is InChI=1S/C22H30N4O.HI/c1-4-23-22(24-14-17-8-7-9-18(12-17)16-26(2)3)25-15-20-13-19-10-5-6-11-21(19)27-20;/h5-12,20H,4,13-16H2,1-3H3,(H2,23,24,25);1H. The minimum atomic E-state index is 0. The molecule has 3 rings (SSSR count). The Bertz CT molecular complexity index is 754. The Labute approximate surface area is 185 Å². The van der Waals surface area contributed by atoms with Gasteiger partial charge < -0.3 is 20.3 Å². The number of halogens is 1. The van der Waals surface area contributed by atoms with Gasteiger partial charge in [0.1, 0.15) is 11.9 Å². The van der Waals surface area contributed by atoms with Crippen molar-refractivity contribution in [2.24, 2.45) is 4.99 Å². The van der Waals surface area contributed by atoms with Gasteiger partial charge in [-0.25, -0.2) is 4.99 Å². The average molecular weight is 494 g/mol. The molecule has 1 unspecified atom stereocenters. The Balaban J connectivity index is 0.00000280. The molecule has 0 spiro atoms. The lowest BCUT2D eigenvalue weighted by Gasteiger charge is -2.15. The minimum absolute atomic E-state index is 0. The Morgan fingerprint density at radius 3 is 2.64 bits per heavy atom. The summed E-state index contributed by atoms with van der Waals surface area (Å²) in [6, 6.07) is 16.9. The Hall–Kier alpha value is -1.80. The smallest absolute Gasteiger partial charge is 0.191 e. The molecule has 0 saturated carbocycles. The molecule has 2 aromatic carbocycles. The zero-order valence-corrected chi connectivity index (χ0v) is 19.3. The molecule has 1 atom stereocenters. The normalized spacial score (nSPS) is 15.6. The van der Waals surface area contributed by atoms with Gasteiger partial charge >= 0.3 is 0 Å². The third-order valence-electron chi connectivity index (χ3n) is 4.47. The van der Waals surface area contributed by atoms with Crippen LogP contribution in [-0.4, -0.2) is 44.1 Å². The van der Waals surface area contributed by atoms with Crippen LogP contribution < -0.4 is 15.4 Å². The molecule has 6 heteroatoms. The monoisotopic (exact) mass is 494 g/mol. The highest BCUT2D eigenvalue weighted by molar-refractivity contribution is 14.0. The number of rotatable bonds is 7. The molecule has 2 aromatic rings. The SMILES string of the molecule is CCNC(=NCc1cccc(CN(C)C)c1)NCC1Cc2ccccc2O1.I. The van der Waals surface area contributed by atoms with Gasteiger partial charge in [-0.1, -0.05) is 42.5 Å². The topological polar surface area (TPSA) is 48.9 Å². The number of hydrogen-bond acceptors (Lipinski definition) is 3. The fourth-order valence-electron chi connectivity index (χ4n) is 3.28. The molecule has 0 fully saturated rings. The van der Waals surface area contributed by atoms with Crippen LogP contribution in [0.2, 0.25) is 0 Å². The van der Waals surface area contributed by atoms with Crippen LogP contribution in [0.1, 0.15) is 23.6 Å². The van der Waals surface area contributed by atoms with Crippen LogP contribution in [0, 0.1) is 0 Å². The zero-order chi connectivity index (χ0) is 19.1. The second-order valence-electron chi connectivity index (χ2n) is 7.19. The van der Waals surface area contributed by atoms with E-state index in [4.69, 9.17) is 9.73 Å². The van der Waals surface area contributed by atoms with Crippen LogP contribution in [0.25, 0.3) is 0 Å². The van der Waals surface area contributed by atoms with E-state index in [-0.39, 0.29) is 30.1 Å². The van der Waals surface area contributed by atoms with Gasteiger partial charge in [-0.05, 0) is 43.8 Å². The Morgan fingerprint density at radius 1 is 1.11 bits per heavy atom. The molecule has 28 heavy (non-hydrogen) atoms. The molecule has 0 saturated heterocycles. The number of benzene rings is 2. The molecule has 5 nitrogen and oxygen atoms in total. The summed E-state index contributed by atoms with van der Waals surface area (Å²) in [6.45, 7) is 5.24. The van der Waals surface area contributed by atoms with E-state index in [1.807, 2.05) is 12.1 Å². The first kappa shape index (κ1) is 22.5. The summed E-state index contributed by atoms with van der Waals surface area (Å²) in [5, 5.41) is 6.74. The highest BCUT2D eigenvalue weighted by atomic mass is 127. The van der Waals surface area contributed by atoms with E-state index in [2.05, 4.69) is 73.0 Å². The molecule has 0 bridgehead atoms. The summed E-state index contributed by atoms with van der Waals surface area (Å²) in [5.41, 5.74) is 3.81. The molecule has 1 aliphatic rings. The van der Waals surface area contributed by atoms with Gasteiger partial charge in [0.2, 0.25) is 0 Å². The summed E-state index contributed by atoms with van der Waals surface area (Å²) in [4.78, 5) is 6.91. The Morgan fingerprint density at radius 2 is 1.89 bits per heavy atom. The van der Waals surface area contributed by atoms with Gasteiger partial charge in [-0.15, -0.1) is 24.0 Å². The maximum atomic E-state index is 6.00. The summed E-state index contributed by atoms with van der Waals surface area (Å²) in [7, 11) is 4.17. The number of fused-ring (bicyclic) bond motifs is 1. The largest absolute Gasteiger partial charge is 0.488 e. The fraction of sp³-hybridized carbons (Fsp3) is 0.409. The van der Waals surface area contributed by atoms with Crippen molar-refractivity contribution in [2.75, 3.05) is 27.2 Å². The number of nitrogens with one attached hydrogen (secondary N) is 2. The first-order chi connectivity index (χ1) is 13.1. The maximum Gasteiger partial charge on any atom is 0.191 e. The van der Waals surface area contributed by atoms with Gasteiger partial charge in [0, 0.05) is 19.5 Å². The predicted molar refractivity (Wildman–Crippen MR) is 127 cm³/mol. The van der Waals surface area contributed by atoms with Gasteiger partial charge in [-0.2, -0.15) is 0 Å². The van der Waals surface area contributed by atoms with Crippen molar-refractivity contribution >= 4 is 29.9 Å². The van der Waals surface area contributed by atoms with Crippen LogP contribution in [-0.2, 0) is 19.5 Å². The highest BCUT2D eigenvalue weighted by Gasteiger charge is 2.22. The summed E-state index contributed by atoms with van der Waals surface area (Å²) in [6.07, 6.45) is 1.09. The lowest BCUT2D eigenvalue weighted by Crippen LogP contribution is -2.42. The number of ether oxygens (including phenoxy) is 1. The molecule has 2 N–H and O–H groups in total. The van der Waals surface area contributed by atoms with Gasteiger partial charge in [0.25, 0.3) is 0 Å². The molecule has 0 aliphatic carbocycles. The highest BCUT2D eigenvalue weighted by Crippen LogP contribution is 2.27. The molecule has 0 radical (unpaired) electrons. The van der Waals surface area contributed by atoms with Crippen molar-refractivity contribution in [3.05, 3.63) is 65.2 Å². The van der Waals surface area contributed by atoms with E-state index in [0.717, 1.165) is 37.8 Å². The third-order valence-corrected chi connectivity index (χ3v) is 4.47. The minimum Gasteiger partial charge on any atom is -0.488 e. The van der Waals surface area contributed by atoms with Crippen molar-refractivity contribution in [3.63, 3.8) is 0 Å². The molecule has 0 amide bonds. The first-order valence-corrected chi connectivity index (χ1v) is 9.63. The molecular formula is C22H31IN4O. The van der Waals surface area contributed by atoms with Crippen molar-refractivity contribution < 1.29 is 4.74 Å². The van der Waals surface area contributed by atoms with Crippen LogP contribution >= 0.6 is 24.0 Å². The van der Waals surface area contributed by atoms with E-state index in [1.165, 1.54) is 16.7 Å². The lowest BCUT2D eigenvalue weighted by atomic mass is 10.1. The van der Waals surface area contributed by atoms with E-state index in [1.54, 1.807) is 0 Å². The van der Waals surface area contributed by atoms with E-state index in [9.17, 15) is 0 Å². The maximum absolute atomic E-state index is 6.00. The van der Waals surface area contributed by atoms with Crippen molar-refractivity contribution in [3.8, 4) is 5.75 Å². The predicted octanol–water partition coefficient (Wildman–Crippen LogP) is 3.43. The average Bonchev–Trinajstić information content (AvgIpc) is 3.07. The summed E-state index contributed by atoms with van der Waals surface area (Å²) in [5.74, 6) is 1.83. The van der Waals surface area contributed by atoms with Crippen molar-refractivity contribution in [2.45, 2.75) is 32.5 Å². The fourth-order valence-corrected chi connectivity index (χ4v) is 3.28. The van der Waals surface area contributed by atoms with E-state index in [0.29, 0.717) is 6.54 Å². The first-order valence-electron chi connectivity index (χ1n) is 9.63. The van der Waals surface area contributed by atoms with E-state index >= 15 is 0 Å².